The summed E-state index contributed by atoms with van der Waals surface area (Å²) in [4.78, 5) is 11.6. The third-order valence-corrected chi connectivity index (χ3v) is 3.91. The summed E-state index contributed by atoms with van der Waals surface area (Å²) >= 11 is 0. The summed E-state index contributed by atoms with van der Waals surface area (Å²) in [5.74, 6) is -1.40. The minimum atomic E-state index is -3.64. The number of benzene rings is 1. The fourth-order valence-electron chi connectivity index (χ4n) is 2.27. The normalized spacial score (nSPS) is 14.6. The van der Waals surface area contributed by atoms with Crippen LogP contribution in [0.15, 0.2) is 24.3 Å². The van der Waals surface area contributed by atoms with Crippen LogP contribution < -0.4 is 5.73 Å². The first kappa shape index (κ1) is 17.7. The van der Waals surface area contributed by atoms with Crippen LogP contribution in [0.25, 0.3) is 0 Å². The van der Waals surface area contributed by atoms with E-state index in [1.807, 2.05) is 24.3 Å². The molecule has 0 bridgehead atoms. The SMILES string of the molecule is CCCCc1ccc(C(C(N)=O)[C@@H](C)OS(C)(=O)=O)cc1. The molecule has 0 fully saturated rings. The molecule has 6 heteroatoms. The van der Waals surface area contributed by atoms with Crippen LogP contribution in [0.2, 0.25) is 0 Å². The van der Waals surface area contributed by atoms with E-state index in [1.54, 1.807) is 0 Å². The van der Waals surface area contributed by atoms with Crippen molar-refractivity contribution >= 4 is 16.0 Å². The lowest BCUT2D eigenvalue weighted by Crippen LogP contribution is -2.32. The molecule has 1 amide bonds. The number of unbranched alkanes of at least 4 members (excludes halogenated alkanes) is 1. The fourth-order valence-corrected chi connectivity index (χ4v) is 2.93. The highest BCUT2D eigenvalue weighted by Crippen LogP contribution is 2.23. The van der Waals surface area contributed by atoms with Crippen LogP contribution in [0.1, 0.15) is 43.7 Å². The van der Waals surface area contributed by atoms with E-state index >= 15 is 0 Å². The van der Waals surface area contributed by atoms with Gasteiger partial charge in [-0.1, -0.05) is 37.6 Å². The first-order chi connectivity index (χ1) is 9.74. The Kier molecular flexibility index (Phi) is 6.36. The summed E-state index contributed by atoms with van der Waals surface area (Å²) in [5.41, 5.74) is 7.24. The minimum Gasteiger partial charge on any atom is -0.369 e. The van der Waals surface area contributed by atoms with Gasteiger partial charge in [0.2, 0.25) is 5.91 Å². The van der Waals surface area contributed by atoms with Gasteiger partial charge in [0.05, 0.1) is 18.3 Å². The Balaban J connectivity index is 2.93. The summed E-state index contributed by atoms with van der Waals surface area (Å²) in [7, 11) is -3.64. The molecule has 0 saturated carbocycles. The van der Waals surface area contributed by atoms with Crippen LogP contribution in [-0.2, 0) is 25.5 Å². The van der Waals surface area contributed by atoms with Crippen molar-refractivity contribution in [3.05, 3.63) is 35.4 Å². The molecule has 0 spiro atoms. The number of carbonyl (C=O) groups excluding carboxylic acids is 1. The number of rotatable bonds is 8. The van der Waals surface area contributed by atoms with Crippen LogP contribution in [0.4, 0.5) is 0 Å². The van der Waals surface area contributed by atoms with Crippen molar-refractivity contribution in [2.75, 3.05) is 6.26 Å². The lowest BCUT2D eigenvalue weighted by molar-refractivity contribution is -0.121. The fraction of sp³-hybridized carbons (Fsp3) is 0.533. The average Bonchev–Trinajstić information content (AvgIpc) is 2.35. The van der Waals surface area contributed by atoms with Crippen LogP contribution in [0.3, 0.4) is 0 Å². The van der Waals surface area contributed by atoms with E-state index in [1.165, 1.54) is 12.5 Å². The Morgan fingerprint density at radius 2 is 1.86 bits per heavy atom. The molecule has 1 unspecified atom stereocenters. The van der Waals surface area contributed by atoms with E-state index in [0.717, 1.165) is 25.5 Å². The van der Waals surface area contributed by atoms with E-state index in [-0.39, 0.29) is 0 Å². The Morgan fingerprint density at radius 1 is 1.29 bits per heavy atom. The highest BCUT2D eigenvalue weighted by molar-refractivity contribution is 7.86. The number of amides is 1. The molecule has 2 N–H and O–H groups in total. The molecule has 118 valence electrons. The molecule has 21 heavy (non-hydrogen) atoms. The molecule has 0 heterocycles. The Labute approximate surface area is 126 Å². The zero-order valence-corrected chi connectivity index (χ0v) is 13.5. The van der Waals surface area contributed by atoms with Crippen molar-refractivity contribution in [2.24, 2.45) is 5.73 Å². The maximum Gasteiger partial charge on any atom is 0.264 e. The predicted octanol–water partition coefficient (Wildman–Crippen LogP) is 1.96. The van der Waals surface area contributed by atoms with Crippen molar-refractivity contribution < 1.29 is 17.4 Å². The minimum absolute atomic E-state index is 0.604. The van der Waals surface area contributed by atoms with Gasteiger partial charge in [0.15, 0.2) is 0 Å². The highest BCUT2D eigenvalue weighted by Gasteiger charge is 2.28. The number of primary amides is 1. The van der Waals surface area contributed by atoms with Crippen molar-refractivity contribution in [2.45, 2.75) is 45.1 Å². The van der Waals surface area contributed by atoms with Gasteiger partial charge in [0.25, 0.3) is 10.1 Å². The van der Waals surface area contributed by atoms with Crippen molar-refractivity contribution in [3.63, 3.8) is 0 Å². The summed E-state index contributed by atoms with van der Waals surface area (Å²) in [5, 5.41) is 0. The monoisotopic (exact) mass is 313 g/mol. The van der Waals surface area contributed by atoms with E-state index in [4.69, 9.17) is 9.92 Å². The number of hydrogen-bond acceptors (Lipinski definition) is 4. The highest BCUT2D eigenvalue weighted by atomic mass is 32.2. The zero-order chi connectivity index (χ0) is 16.0. The smallest absolute Gasteiger partial charge is 0.264 e. The van der Waals surface area contributed by atoms with Gasteiger partial charge < -0.3 is 5.73 Å². The average molecular weight is 313 g/mol. The molecule has 5 nitrogen and oxygen atoms in total. The molecular formula is C15H23NO4S. The number of carbonyl (C=O) groups is 1. The van der Waals surface area contributed by atoms with Gasteiger partial charge in [-0.15, -0.1) is 0 Å². The maximum absolute atomic E-state index is 11.6. The molecule has 0 aromatic heterocycles. The first-order valence-electron chi connectivity index (χ1n) is 7.01. The molecule has 1 aromatic carbocycles. The molecule has 0 aliphatic rings. The number of aryl methyl sites for hydroxylation is 1. The maximum atomic E-state index is 11.6. The summed E-state index contributed by atoms with van der Waals surface area (Å²) in [6.07, 6.45) is 3.32. The Bertz CT molecular complexity index is 566. The second-order valence-electron chi connectivity index (χ2n) is 5.23. The third kappa shape index (κ3) is 5.85. The molecule has 0 aliphatic carbocycles. The Hall–Kier alpha value is -1.40. The van der Waals surface area contributed by atoms with Crippen LogP contribution in [-0.4, -0.2) is 26.7 Å². The van der Waals surface area contributed by atoms with Crippen LogP contribution in [0.5, 0.6) is 0 Å². The largest absolute Gasteiger partial charge is 0.369 e. The Morgan fingerprint density at radius 3 is 2.29 bits per heavy atom. The predicted molar refractivity (Wildman–Crippen MR) is 82.4 cm³/mol. The third-order valence-electron chi connectivity index (χ3n) is 3.26. The van der Waals surface area contributed by atoms with E-state index in [0.29, 0.717) is 5.56 Å². The molecule has 0 saturated heterocycles. The van der Waals surface area contributed by atoms with E-state index < -0.39 is 28.0 Å². The summed E-state index contributed by atoms with van der Waals surface area (Å²) in [6, 6.07) is 7.49. The van der Waals surface area contributed by atoms with Crippen molar-refractivity contribution in [1.29, 1.82) is 0 Å². The molecule has 1 aromatic rings. The zero-order valence-electron chi connectivity index (χ0n) is 12.7. The standard InChI is InChI=1S/C15H23NO4S/c1-4-5-6-12-7-9-13(10-8-12)14(15(16)17)11(2)20-21(3,18)19/h7-11,14H,4-6H2,1-3H3,(H2,16,17)/t11-,14?/m1/s1. The molecule has 1 rings (SSSR count). The van der Waals surface area contributed by atoms with E-state index in [9.17, 15) is 13.2 Å². The lowest BCUT2D eigenvalue weighted by Gasteiger charge is -2.21. The first-order valence-corrected chi connectivity index (χ1v) is 8.82. The number of nitrogens with two attached hydrogens (primary N) is 1. The van der Waals surface area contributed by atoms with Gasteiger partial charge in [-0.3, -0.25) is 8.98 Å². The van der Waals surface area contributed by atoms with Crippen molar-refractivity contribution in [1.82, 2.24) is 0 Å². The lowest BCUT2D eigenvalue weighted by atomic mass is 9.92. The second-order valence-corrected chi connectivity index (χ2v) is 6.83. The van der Waals surface area contributed by atoms with Gasteiger partial charge in [0.1, 0.15) is 0 Å². The summed E-state index contributed by atoms with van der Waals surface area (Å²) in [6.45, 7) is 3.66. The topological polar surface area (TPSA) is 86.5 Å². The van der Waals surface area contributed by atoms with Gasteiger partial charge in [0, 0.05) is 0 Å². The quantitative estimate of drug-likeness (QED) is 0.743. The van der Waals surface area contributed by atoms with Gasteiger partial charge in [-0.25, -0.2) is 0 Å². The molecule has 2 atom stereocenters. The molecule has 0 aliphatic heterocycles. The van der Waals surface area contributed by atoms with Gasteiger partial charge in [-0.05, 0) is 30.9 Å². The van der Waals surface area contributed by atoms with Gasteiger partial charge >= 0.3 is 0 Å². The van der Waals surface area contributed by atoms with Crippen LogP contribution in [0, 0.1) is 0 Å². The summed E-state index contributed by atoms with van der Waals surface area (Å²) < 4.78 is 27.3. The molecular weight excluding hydrogens is 290 g/mol. The second kappa shape index (κ2) is 7.56. The number of hydrogen-bond donors (Lipinski definition) is 1. The van der Waals surface area contributed by atoms with Crippen LogP contribution >= 0.6 is 0 Å². The molecule has 0 radical (unpaired) electrons. The van der Waals surface area contributed by atoms with E-state index in [2.05, 4.69) is 6.92 Å². The van der Waals surface area contributed by atoms with Crippen molar-refractivity contribution in [3.8, 4) is 0 Å². The van der Waals surface area contributed by atoms with Gasteiger partial charge in [-0.2, -0.15) is 8.42 Å².